The number of carbonyl (C=O) groups excluding carboxylic acids is 1. The third-order valence-corrected chi connectivity index (χ3v) is 4.05. The minimum atomic E-state index is -4.76. The maximum absolute atomic E-state index is 12.1. The summed E-state index contributed by atoms with van der Waals surface area (Å²) < 4.78 is 47.0. The number of rotatable bonds is 9. The van der Waals surface area contributed by atoms with Gasteiger partial charge >= 0.3 is 6.36 Å². The Kier molecular flexibility index (Phi) is 7.25. The van der Waals surface area contributed by atoms with Gasteiger partial charge in [0.1, 0.15) is 12.4 Å². The zero-order chi connectivity index (χ0) is 19.9. The number of alkyl halides is 3. The number of nitrogens with one attached hydrogen (secondary N) is 1. The zero-order valence-corrected chi connectivity index (χ0v) is 15.1. The molecule has 11 heteroatoms. The first-order chi connectivity index (χ1) is 12.8. The first-order valence-corrected chi connectivity index (χ1v) is 8.61. The minimum Gasteiger partial charge on any atom is -0.406 e. The molecule has 1 amide bonds. The van der Waals surface area contributed by atoms with Gasteiger partial charge in [0, 0.05) is 19.3 Å². The number of allylic oxidation sites excluding steroid dienone is 1. The number of methoxy groups -OCH3 is 1. The first kappa shape index (κ1) is 20.8. The van der Waals surface area contributed by atoms with Crippen LogP contribution in [0.5, 0.6) is 5.75 Å². The van der Waals surface area contributed by atoms with Crippen LogP contribution in [0, 0.1) is 0 Å². The van der Waals surface area contributed by atoms with Gasteiger partial charge in [-0.15, -0.1) is 29.9 Å². The van der Waals surface area contributed by atoms with E-state index in [1.165, 1.54) is 31.0 Å². The number of benzene rings is 1. The predicted molar refractivity (Wildman–Crippen MR) is 93.4 cm³/mol. The van der Waals surface area contributed by atoms with Crippen molar-refractivity contribution < 1.29 is 27.4 Å². The Balaban J connectivity index is 1.92. The summed E-state index contributed by atoms with van der Waals surface area (Å²) in [5.74, 6) is -0.0483. The second kappa shape index (κ2) is 9.42. The maximum atomic E-state index is 12.1. The van der Waals surface area contributed by atoms with E-state index in [2.05, 4.69) is 26.8 Å². The third-order valence-electron chi connectivity index (χ3n) is 3.08. The van der Waals surface area contributed by atoms with E-state index < -0.39 is 6.36 Å². The molecule has 1 aromatic heterocycles. The van der Waals surface area contributed by atoms with Gasteiger partial charge in [0.05, 0.1) is 5.75 Å². The molecule has 0 saturated carbocycles. The summed E-state index contributed by atoms with van der Waals surface area (Å²) in [6.07, 6.45) is -3.08. The van der Waals surface area contributed by atoms with Gasteiger partial charge < -0.3 is 19.4 Å². The Morgan fingerprint density at radius 3 is 2.63 bits per heavy atom. The van der Waals surface area contributed by atoms with Crippen LogP contribution in [0.3, 0.4) is 0 Å². The second-order valence-electron chi connectivity index (χ2n) is 5.14. The van der Waals surface area contributed by atoms with E-state index in [4.69, 9.17) is 4.74 Å². The number of nitrogens with zero attached hydrogens (tertiary/aromatic N) is 3. The average molecular weight is 402 g/mol. The number of aromatic nitrogens is 3. The van der Waals surface area contributed by atoms with E-state index in [-0.39, 0.29) is 24.0 Å². The van der Waals surface area contributed by atoms with Crippen LogP contribution in [0.2, 0.25) is 0 Å². The molecule has 0 aliphatic carbocycles. The molecule has 7 nitrogen and oxygen atoms in total. The van der Waals surface area contributed by atoms with Gasteiger partial charge in [-0.2, -0.15) is 0 Å². The molecule has 0 aliphatic heterocycles. The van der Waals surface area contributed by atoms with Crippen molar-refractivity contribution in [2.24, 2.45) is 0 Å². The number of ether oxygens (including phenoxy) is 2. The van der Waals surface area contributed by atoms with E-state index in [9.17, 15) is 18.0 Å². The normalized spacial score (nSPS) is 11.3. The molecule has 0 unspecified atom stereocenters. The van der Waals surface area contributed by atoms with Crippen molar-refractivity contribution in [1.82, 2.24) is 14.8 Å². The quantitative estimate of drug-likeness (QED) is 0.513. The molecule has 1 heterocycles. The molecule has 2 aromatic rings. The fourth-order valence-electron chi connectivity index (χ4n) is 2.04. The lowest BCUT2D eigenvalue weighted by atomic mass is 10.3. The molecular weight excluding hydrogens is 385 g/mol. The third kappa shape index (κ3) is 6.61. The first-order valence-electron chi connectivity index (χ1n) is 7.62. The van der Waals surface area contributed by atoms with Crippen LogP contribution in [-0.4, -0.2) is 39.9 Å². The SMILES string of the molecule is C=CCn1c(COC)nnc1SCC(=O)Nc1ccc(OC(F)(F)F)cc1. The molecule has 1 N–H and O–H groups in total. The van der Waals surface area contributed by atoms with Crippen molar-refractivity contribution in [2.45, 2.75) is 24.7 Å². The van der Waals surface area contributed by atoms with Crippen LogP contribution in [0.1, 0.15) is 5.82 Å². The molecule has 0 fully saturated rings. The van der Waals surface area contributed by atoms with E-state index in [1.807, 2.05) is 0 Å². The number of anilines is 1. The molecular formula is C16H17F3N4O3S. The maximum Gasteiger partial charge on any atom is 0.573 e. The van der Waals surface area contributed by atoms with E-state index >= 15 is 0 Å². The number of hydrogen-bond donors (Lipinski definition) is 1. The highest BCUT2D eigenvalue weighted by Gasteiger charge is 2.30. The Bertz CT molecular complexity index is 778. The van der Waals surface area contributed by atoms with Gasteiger partial charge in [0.25, 0.3) is 0 Å². The molecule has 2 rings (SSSR count). The number of thioether (sulfide) groups is 1. The smallest absolute Gasteiger partial charge is 0.406 e. The summed E-state index contributed by atoms with van der Waals surface area (Å²) in [6, 6.07) is 4.88. The monoisotopic (exact) mass is 402 g/mol. The molecule has 0 saturated heterocycles. The van der Waals surface area contributed by atoms with Crippen molar-refractivity contribution in [2.75, 3.05) is 18.2 Å². The Morgan fingerprint density at radius 1 is 1.33 bits per heavy atom. The number of amides is 1. The molecule has 0 radical (unpaired) electrons. The molecule has 0 bridgehead atoms. The molecule has 0 atom stereocenters. The van der Waals surface area contributed by atoms with Crippen LogP contribution in [0.15, 0.2) is 42.1 Å². The molecule has 0 spiro atoms. The fraction of sp³-hybridized carbons (Fsp3) is 0.312. The van der Waals surface area contributed by atoms with Crippen molar-refractivity contribution in [3.63, 3.8) is 0 Å². The van der Waals surface area contributed by atoms with Crippen molar-refractivity contribution in [3.8, 4) is 5.75 Å². The lowest BCUT2D eigenvalue weighted by Crippen LogP contribution is -2.17. The molecule has 0 aliphatic rings. The standard InChI is InChI=1S/C16H17F3N4O3S/c1-3-8-23-13(9-25-2)21-22-15(23)27-10-14(24)20-11-4-6-12(7-5-11)26-16(17,18)19/h3-7H,1,8-10H2,2H3,(H,20,24). The molecule has 146 valence electrons. The van der Waals surface area contributed by atoms with Gasteiger partial charge in [0.15, 0.2) is 11.0 Å². The topological polar surface area (TPSA) is 78.3 Å². The Labute approximate surface area is 157 Å². The second-order valence-corrected chi connectivity index (χ2v) is 6.08. The van der Waals surface area contributed by atoms with Gasteiger partial charge in [-0.25, -0.2) is 0 Å². The Hall–Kier alpha value is -2.53. The van der Waals surface area contributed by atoms with E-state index in [0.717, 1.165) is 12.1 Å². The van der Waals surface area contributed by atoms with Crippen LogP contribution in [-0.2, 0) is 22.7 Å². The van der Waals surface area contributed by atoms with E-state index in [1.54, 1.807) is 10.6 Å². The summed E-state index contributed by atoms with van der Waals surface area (Å²) in [5, 5.41) is 11.2. The highest BCUT2D eigenvalue weighted by Crippen LogP contribution is 2.24. The lowest BCUT2D eigenvalue weighted by molar-refractivity contribution is -0.274. The van der Waals surface area contributed by atoms with Gasteiger partial charge in [0.2, 0.25) is 5.91 Å². The summed E-state index contributed by atoms with van der Waals surface area (Å²) in [7, 11) is 1.54. The molecule has 1 aromatic carbocycles. The van der Waals surface area contributed by atoms with Gasteiger partial charge in [-0.3, -0.25) is 4.79 Å². The highest BCUT2D eigenvalue weighted by molar-refractivity contribution is 7.99. The largest absolute Gasteiger partial charge is 0.573 e. The van der Waals surface area contributed by atoms with Crippen molar-refractivity contribution in [3.05, 3.63) is 42.7 Å². The Morgan fingerprint density at radius 2 is 2.04 bits per heavy atom. The lowest BCUT2D eigenvalue weighted by Gasteiger charge is -2.10. The number of hydrogen-bond acceptors (Lipinski definition) is 6. The van der Waals surface area contributed by atoms with Gasteiger partial charge in [-0.05, 0) is 24.3 Å². The molecule has 27 heavy (non-hydrogen) atoms. The average Bonchev–Trinajstić information content (AvgIpc) is 2.96. The van der Waals surface area contributed by atoms with Crippen LogP contribution in [0.4, 0.5) is 18.9 Å². The van der Waals surface area contributed by atoms with Gasteiger partial charge in [-0.1, -0.05) is 17.8 Å². The summed E-state index contributed by atoms with van der Waals surface area (Å²) in [5.41, 5.74) is 0.350. The highest BCUT2D eigenvalue weighted by atomic mass is 32.2. The van der Waals surface area contributed by atoms with Crippen LogP contribution in [0.25, 0.3) is 0 Å². The van der Waals surface area contributed by atoms with Crippen LogP contribution >= 0.6 is 11.8 Å². The van der Waals surface area contributed by atoms with E-state index in [0.29, 0.717) is 23.2 Å². The fourth-order valence-corrected chi connectivity index (χ4v) is 2.81. The predicted octanol–water partition coefficient (Wildman–Crippen LogP) is 3.24. The number of halogens is 3. The zero-order valence-electron chi connectivity index (χ0n) is 14.3. The van der Waals surface area contributed by atoms with Crippen molar-refractivity contribution >= 4 is 23.4 Å². The van der Waals surface area contributed by atoms with Crippen molar-refractivity contribution in [1.29, 1.82) is 0 Å². The summed E-state index contributed by atoms with van der Waals surface area (Å²) in [6.45, 7) is 4.42. The number of carbonyl (C=O) groups is 1. The summed E-state index contributed by atoms with van der Waals surface area (Å²) >= 11 is 1.17. The van der Waals surface area contributed by atoms with Crippen LogP contribution < -0.4 is 10.1 Å². The summed E-state index contributed by atoms with van der Waals surface area (Å²) in [4.78, 5) is 12.1. The minimum absolute atomic E-state index is 0.0447.